The molecule has 1 N–H and O–H groups in total. The lowest BCUT2D eigenvalue weighted by atomic mass is 10.0. The van der Waals surface area contributed by atoms with Gasteiger partial charge in [0.2, 0.25) is 0 Å². The van der Waals surface area contributed by atoms with Crippen LogP contribution in [-0.2, 0) is 6.54 Å². The summed E-state index contributed by atoms with van der Waals surface area (Å²) < 4.78 is 0. The predicted octanol–water partition coefficient (Wildman–Crippen LogP) is 0.970. The van der Waals surface area contributed by atoms with Gasteiger partial charge >= 0.3 is 0 Å². The number of rotatable bonds is 5. The van der Waals surface area contributed by atoms with Gasteiger partial charge in [0.05, 0.1) is 12.3 Å². The van der Waals surface area contributed by atoms with Crippen molar-refractivity contribution in [1.82, 2.24) is 14.8 Å². The lowest BCUT2D eigenvalue weighted by Gasteiger charge is -2.36. The fraction of sp³-hybridized carbons (Fsp3) is 0.643. The van der Waals surface area contributed by atoms with Crippen molar-refractivity contribution in [2.75, 3.05) is 33.3 Å². The predicted molar refractivity (Wildman–Crippen MR) is 72.3 cm³/mol. The molecule has 0 aliphatic carbocycles. The molecule has 4 heteroatoms. The van der Waals surface area contributed by atoms with E-state index in [4.69, 9.17) is 0 Å². The second-order valence-electron chi connectivity index (χ2n) is 5.05. The summed E-state index contributed by atoms with van der Waals surface area (Å²) in [6, 6.07) is 6.60. The summed E-state index contributed by atoms with van der Waals surface area (Å²) in [7, 11) is 2.17. The van der Waals surface area contributed by atoms with Crippen molar-refractivity contribution in [1.29, 1.82) is 0 Å². The highest BCUT2D eigenvalue weighted by atomic mass is 16.3. The molecule has 0 bridgehead atoms. The standard InChI is InChI=1S/C14H23N3O/c1-16-8-5-14(6-9-16)17(10-11-18)12-13-4-2-3-7-15-13/h2-4,7,14,18H,5-6,8-12H2,1H3. The zero-order chi connectivity index (χ0) is 12.8. The van der Waals surface area contributed by atoms with E-state index in [0.29, 0.717) is 6.04 Å². The normalized spacial score (nSPS) is 18.4. The molecule has 0 radical (unpaired) electrons. The summed E-state index contributed by atoms with van der Waals surface area (Å²) in [5, 5.41) is 9.22. The van der Waals surface area contributed by atoms with Crippen molar-refractivity contribution in [3.63, 3.8) is 0 Å². The molecule has 1 aromatic rings. The second-order valence-corrected chi connectivity index (χ2v) is 5.05. The van der Waals surface area contributed by atoms with E-state index in [2.05, 4.69) is 27.9 Å². The van der Waals surface area contributed by atoms with Gasteiger partial charge in [-0.1, -0.05) is 6.07 Å². The van der Waals surface area contributed by atoms with Gasteiger partial charge in [0.15, 0.2) is 0 Å². The summed E-state index contributed by atoms with van der Waals surface area (Å²) >= 11 is 0. The highest BCUT2D eigenvalue weighted by Crippen LogP contribution is 2.17. The van der Waals surface area contributed by atoms with Crippen molar-refractivity contribution in [3.8, 4) is 0 Å². The summed E-state index contributed by atoms with van der Waals surface area (Å²) in [5.74, 6) is 0. The van der Waals surface area contributed by atoms with Gasteiger partial charge in [0.1, 0.15) is 0 Å². The Hall–Kier alpha value is -0.970. The first-order chi connectivity index (χ1) is 8.79. The lowest BCUT2D eigenvalue weighted by Crippen LogP contribution is -2.44. The van der Waals surface area contributed by atoms with Crippen LogP contribution in [0.3, 0.4) is 0 Å². The number of piperidine rings is 1. The van der Waals surface area contributed by atoms with Crippen molar-refractivity contribution < 1.29 is 5.11 Å². The molecule has 0 unspecified atom stereocenters. The molecule has 2 heterocycles. The van der Waals surface area contributed by atoms with Crippen molar-refractivity contribution in [2.45, 2.75) is 25.4 Å². The minimum absolute atomic E-state index is 0.221. The first-order valence-corrected chi connectivity index (χ1v) is 6.73. The SMILES string of the molecule is CN1CCC(N(CCO)Cc2ccccn2)CC1. The highest BCUT2D eigenvalue weighted by molar-refractivity contribution is 5.03. The van der Waals surface area contributed by atoms with Gasteiger partial charge in [-0.3, -0.25) is 9.88 Å². The number of aromatic nitrogens is 1. The van der Waals surface area contributed by atoms with E-state index in [0.717, 1.165) is 31.9 Å². The van der Waals surface area contributed by atoms with Crippen LogP contribution in [0.1, 0.15) is 18.5 Å². The van der Waals surface area contributed by atoms with Gasteiger partial charge in [0, 0.05) is 25.3 Å². The van der Waals surface area contributed by atoms with Crippen LogP contribution >= 0.6 is 0 Å². The van der Waals surface area contributed by atoms with E-state index >= 15 is 0 Å². The Morgan fingerprint density at radius 3 is 2.78 bits per heavy atom. The number of pyridine rings is 1. The number of likely N-dealkylation sites (tertiary alicyclic amines) is 1. The molecule has 1 aliphatic heterocycles. The molecular formula is C14H23N3O. The maximum Gasteiger partial charge on any atom is 0.0558 e. The number of nitrogens with zero attached hydrogens (tertiary/aromatic N) is 3. The topological polar surface area (TPSA) is 39.6 Å². The third-order valence-electron chi connectivity index (χ3n) is 3.68. The Labute approximate surface area is 109 Å². The van der Waals surface area contributed by atoms with Crippen molar-refractivity contribution in [3.05, 3.63) is 30.1 Å². The highest BCUT2D eigenvalue weighted by Gasteiger charge is 2.22. The van der Waals surface area contributed by atoms with E-state index in [9.17, 15) is 5.11 Å². The molecular weight excluding hydrogens is 226 g/mol. The Morgan fingerprint density at radius 2 is 2.17 bits per heavy atom. The van der Waals surface area contributed by atoms with E-state index in [1.54, 1.807) is 0 Å². The average Bonchev–Trinajstić information content (AvgIpc) is 2.40. The number of aliphatic hydroxyl groups excluding tert-OH is 1. The molecule has 4 nitrogen and oxygen atoms in total. The molecule has 1 saturated heterocycles. The Morgan fingerprint density at radius 1 is 1.39 bits per heavy atom. The molecule has 1 aliphatic rings. The molecule has 0 saturated carbocycles. The number of aliphatic hydroxyl groups is 1. The summed E-state index contributed by atoms with van der Waals surface area (Å²) in [6.07, 6.45) is 4.20. The minimum Gasteiger partial charge on any atom is -0.395 e. The fourth-order valence-electron chi connectivity index (χ4n) is 2.58. The summed E-state index contributed by atoms with van der Waals surface area (Å²) in [5.41, 5.74) is 1.09. The smallest absolute Gasteiger partial charge is 0.0558 e. The van der Waals surface area contributed by atoms with Crippen LogP contribution in [0, 0.1) is 0 Å². The Bertz CT molecular complexity index is 336. The maximum absolute atomic E-state index is 9.22. The van der Waals surface area contributed by atoms with Crippen LogP contribution in [0.25, 0.3) is 0 Å². The van der Waals surface area contributed by atoms with E-state index in [1.807, 2.05) is 18.3 Å². The zero-order valence-electron chi connectivity index (χ0n) is 11.1. The molecule has 0 aromatic carbocycles. The number of hydrogen-bond acceptors (Lipinski definition) is 4. The van der Waals surface area contributed by atoms with Gasteiger partial charge < -0.3 is 10.0 Å². The van der Waals surface area contributed by atoms with E-state index < -0.39 is 0 Å². The second kappa shape index (κ2) is 6.83. The Kier molecular flexibility index (Phi) is 5.11. The molecule has 100 valence electrons. The molecule has 1 aromatic heterocycles. The third kappa shape index (κ3) is 3.77. The van der Waals surface area contributed by atoms with Crippen molar-refractivity contribution in [2.24, 2.45) is 0 Å². The molecule has 0 spiro atoms. The number of hydrogen-bond donors (Lipinski definition) is 1. The summed E-state index contributed by atoms with van der Waals surface area (Å²) in [6.45, 7) is 4.10. The van der Waals surface area contributed by atoms with Gasteiger partial charge in [0.25, 0.3) is 0 Å². The maximum atomic E-state index is 9.22. The van der Waals surface area contributed by atoms with Gasteiger partial charge in [-0.2, -0.15) is 0 Å². The molecule has 0 amide bonds. The molecule has 1 fully saturated rings. The first-order valence-electron chi connectivity index (χ1n) is 6.73. The molecule has 0 atom stereocenters. The van der Waals surface area contributed by atoms with Gasteiger partial charge in [-0.05, 0) is 45.1 Å². The average molecular weight is 249 g/mol. The fourth-order valence-corrected chi connectivity index (χ4v) is 2.58. The van der Waals surface area contributed by atoms with Crippen LogP contribution in [0.4, 0.5) is 0 Å². The quantitative estimate of drug-likeness (QED) is 0.844. The Balaban J connectivity index is 1.95. The van der Waals surface area contributed by atoms with Gasteiger partial charge in [-0.25, -0.2) is 0 Å². The minimum atomic E-state index is 0.221. The third-order valence-corrected chi connectivity index (χ3v) is 3.68. The molecule has 18 heavy (non-hydrogen) atoms. The molecule has 2 rings (SSSR count). The van der Waals surface area contributed by atoms with E-state index in [-0.39, 0.29) is 6.61 Å². The zero-order valence-corrected chi connectivity index (χ0v) is 11.1. The summed E-state index contributed by atoms with van der Waals surface area (Å²) in [4.78, 5) is 9.12. The van der Waals surface area contributed by atoms with E-state index in [1.165, 1.54) is 12.8 Å². The van der Waals surface area contributed by atoms with Crippen LogP contribution < -0.4 is 0 Å². The monoisotopic (exact) mass is 249 g/mol. The first kappa shape index (κ1) is 13.5. The van der Waals surface area contributed by atoms with Crippen molar-refractivity contribution >= 4 is 0 Å². The van der Waals surface area contributed by atoms with Crippen LogP contribution in [0.15, 0.2) is 24.4 Å². The van der Waals surface area contributed by atoms with Crippen LogP contribution in [0.5, 0.6) is 0 Å². The lowest BCUT2D eigenvalue weighted by molar-refractivity contribution is 0.0931. The van der Waals surface area contributed by atoms with Crippen LogP contribution in [0.2, 0.25) is 0 Å². The van der Waals surface area contributed by atoms with Crippen LogP contribution in [-0.4, -0.2) is 59.2 Å². The van der Waals surface area contributed by atoms with Gasteiger partial charge in [-0.15, -0.1) is 0 Å². The largest absolute Gasteiger partial charge is 0.395 e.